The Labute approximate surface area is 106 Å². The first-order valence-corrected chi connectivity index (χ1v) is 5.67. The number of hydrogen-bond donors (Lipinski definition) is 1. The number of aromatic carboxylic acids is 1. The first-order valence-electron chi connectivity index (χ1n) is 5.29. The van der Waals surface area contributed by atoms with Gasteiger partial charge in [-0.15, -0.1) is 0 Å². The molecule has 1 rings (SSSR count). The van der Waals surface area contributed by atoms with E-state index in [9.17, 15) is 4.79 Å². The molecule has 1 aromatic rings. The summed E-state index contributed by atoms with van der Waals surface area (Å²) in [5.74, 6) is -0.971. The van der Waals surface area contributed by atoms with Crippen molar-refractivity contribution in [2.24, 2.45) is 0 Å². The van der Waals surface area contributed by atoms with Gasteiger partial charge in [-0.1, -0.05) is 11.6 Å². The first kappa shape index (κ1) is 13.8. The van der Waals surface area contributed by atoms with Crippen molar-refractivity contribution in [1.29, 1.82) is 0 Å². The number of nitrogens with zero attached hydrogens (tertiary/aromatic N) is 1. The summed E-state index contributed by atoms with van der Waals surface area (Å²) in [6.07, 6.45) is 0.842. The number of carboxylic acids is 1. The number of methoxy groups -OCH3 is 1. The topological polar surface area (TPSA) is 49.8 Å². The Morgan fingerprint density at radius 2 is 2.24 bits per heavy atom. The van der Waals surface area contributed by atoms with Crippen LogP contribution in [0.2, 0.25) is 5.02 Å². The van der Waals surface area contributed by atoms with Crippen LogP contribution >= 0.6 is 11.6 Å². The summed E-state index contributed by atoms with van der Waals surface area (Å²) in [5.41, 5.74) is 0.885. The highest BCUT2D eigenvalue weighted by molar-refractivity contribution is 6.31. The third-order valence-corrected chi connectivity index (χ3v) is 2.68. The lowest BCUT2D eigenvalue weighted by Crippen LogP contribution is -2.22. The molecule has 0 spiro atoms. The van der Waals surface area contributed by atoms with Gasteiger partial charge in [0.05, 0.1) is 11.3 Å². The van der Waals surface area contributed by atoms with Crippen LogP contribution in [0.3, 0.4) is 0 Å². The maximum absolute atomic E-state index is 11.1. The fourth-order valence-electron chi connectivity index (χ4n) is 1.58. The van der Waals surface area contributed by atoms with Crippen LogP contribution in [0.15, 0.2) is 18.2 Å². The zero-order valence-electron chi connectivity index (χ0n) is 9.94. The fourth-order valence-corrected chi connectivity index (χ4v) is 1.75. The minimum absolute atomic E-state index is 0.220. The Morgan fingerprint density at radius 1 is 1.53 bits per heavy atom. The van der Waals surface area contributed by atoms with Crippen LogP contribution in [0.4, 0.5) is 5.69 Å². The number of halogens is 1. The molecule has 0 radical (unpaired) electrons. The number of benzene rings is 1. The van der Waals surface area contributed by atoms with Crippen LogP contribution in [-0.2, 0) is 4.74 Å². The first-order chi connectivity index (χ1) is 8.06. The predicted octanol–water partition coefficient (Wildman–Crippen LogP) is 2.51. The number of anilines is 1. The summed E-state index contributed by atoms with van der Waals surface area (Å²) in [7, 11) is 3.50. The van der Waals surface area contributed by atoms with Gasteiger partial charge in [0.25, 0.3) is 0 Å². The van der Waals surface area contributed by atoms with E-state index in [1.54, 1.807) is 19.2 Å². The molecule has 0 aliphatic heterocycles. The Bertz CT molecular complexity index is 395. The van der Waals surface area contributed by atoms with Crippen LogP contribution in [0.1, 0.15) is 16.8 Å². The summed E-state index contributed by atoms with van der Waals surface area (Å²) in [6.45, 7) is 1.39. The lowest BCUT2D eigenvalue weighted by molar-refractivity contribution is 0.0697. The van der Waals surface area contributed by atoms with Gasteiger partial charge in [-0.2, -0.15) is 0 Å². The molecule has 0 aliphatic carbocycles. The summed E-state index contributed by atoms with van der Waals surface area (Å²) >= 11 is 5.79. The molecule has 0 amide bonds. The average molecular weight is 258 g/mol. The van der Waals surface area contributed by atoms with Crippen molar-refractivity contribution in [1.82, 2.24) is 0 Å². The molecule has 5 heteroatoms. The summed E-state index contributed by atoms with van der Waals surface area (Å²) in [5, 5.41) is 9.53. The molecule has 0 saturated heterocycles. The van der Waals surface area contributed by atoms with E-state index in [1.807, 2.05) is 11.9 Å². The molecule has 1 N–H and O–H groups in total. The fraction of sp³-hybridized carbons (Fsp3) is 0.417. The van der Waals surface area contributed by atoms with E-state index in [1.165, 1.54) is 6.07 Å². The molecule has 94 valence electrons. The number of carboxylic acid groups (broad SMARTS) is 1. The van der Waals surface area contributed by atoms with Gasteiger partial charge in [0.2, 0.25) is 0 Å². The summed E-state index contributed by atoms with van der Waals surface area (Å²) < 4.78 is 4.96. The Balaban J connectivity index is 2.84. The van der Waals surface area contributed by atoms with Crippen molar-refractivity contribution in [3.8, 4) is 0 Å². The van der Waals surface area contributed by atoms with Crippen LogP contribution in [0.5, 0.6) is 0 Å². The smallest absolute Gasteiger partial charge is 0.337 e. The van der Waals surface area contributed by atoms with E-state index >= 15 is 0 Å². The highest BCUT2D eigenvalue weighted by Gasteiger charge is 2.13. The van der Waals surface area contributed by atoms with Gasteiger partial charge < -0.3 is 14.7 Å². The second-order valence-corrected chi connectivity index (χ2v) is 4.17. The number of ether oxygens (including phenoxy) is 1. The molecular formula is C12H16ClNO3. The highest BCUT2D eigenvalue weighted by Crippen LogP contribution is 2.23. The van der Waals surface area contributed by atoms with Gasteiger partial charge >= 0.3 is 5.97 Å². The van der Waals surface area contributed by atoms with Gasteiger partial charge in [-0.05, 0) is 24.6 Å². The molecule has 0 aliphatic rings. The molecule has 0 unspecified atom stereocenters. The number of carbonyl (C=O) groups is 1. The maximum Gasteiger partial charge on any atom is 0.337 e. The van der Waals surface area contributed by atoms with E-state index in [4.69, 9.17) is 21.4 Å². The SMILES string of the molecule is COCCCN(C)c1ccc(Cl)cc1C(=O)O. The highest BCUT2D eigenvalue weighted by atomic mass is 35.5. The molecule has 0 bridgehead atoms. The van der Waals surface area contributed by atoms with Gasteiger partial charge in [0.1, 0.15) is 0 Å². The molecule has 1 aromatic carbocycles. The normalized spacial score (nSPS) is 10.3. The van der Waals surface area contributed by atoms with E-state index < -0.39 is 5.97 Å². The van der Waals surface area contributed by atoms with Gasteiger partial charge in [0.15, 0.2) is 0 Å². The average Bonchev–Trinajstić information content (AvgIpc) is 2.29. The van der Waals surface area contributed by atoms with Gasteiger partial charge in [-0.3, -0.25) is 0 Å². The minimum atomic E-state index is -0.971. The number of rotatable bonds is 6. The van der Waals surface area contributed by atoms with Crippen molar-refractivity contribution < 1.29 is 14.6 Å². The number of hydrogen-bond acceptors (Lipinski definition) is 3. The van der Waals surface area contributed by atoms with E-state index in [0.29, 0.717) is 17.3 Å². The van der Waals surface area contributed by atoms with Gasteiger partial charge in [-0.25, -0.2) is 4.79 Å². The van der Waals surface area contributed by atoms with Crippen LogP contribution in [-0.4, -0.2) is 38.4 Å². The molecular weight excluding hydrogens is 242 g/mol. The second kappa shape index (κ2) is 6.47. The Kier molecular flexibility index (Phi) is 5.25. The largest absolute Gasteiger partial charge is 0.478 e. The molecule has 0 heterocycles. The molecule has 0 aromatic heterocycles. The maximum atomic E-state index is 11.1. The van der Waals surface area contributed by atoms with Gasteiger partial charge in [0, 0.05) is 32.3 Å². The monoisotopic (exact) mass is 257 g/mol. The lowest BCUT2D eigenvalue weighted by atomic mass is 10.1. The van der Waals surface area contributed by atoms with Crippen molar-refractivity contribution in [2.75, 3.05) is 32.2 Å². The standard InChI is InChI=1S/C12H16ClNO3/c1-14(6-3-7-17-2)11-5-4-9(13)8-10(11)12(15)16/h4-5,8H,3,6-7H2,1-2H3,(H,15,16). The Morgan fingerprint density at radius 3 is 2.82 bits per heavy atom. The second-order valence-electron chi connectivity index (χ2n) is 3.73. The molecule has 0 fully saturated rings. The molecule has 0 saturated carbocycles. The predicted molar refractivity (Wildman–Crippen MR) is 68.2 cm³/mol. The van der Waals surface area contributed by atoms with Crippen molar-refractivity contribution in [3.63, 3.8) is 0 Å². The lowest BCUT2D eigenvalue weighted by Gasteiger charge is -2.21. The quantitative estimate of drug-likeness (QED) is 0.796. The van der Waals surface area contributed by atoms with E-state index in [-0.39, 0.29) is 5.56 Å². The van der Waals surface area contributed by atoms with Crippen molar-refractivity contribution in [2.45, 2.75) is 6.42 Å². The zero-order valence-corrected chi connectivity index (χ0v) is 10.7. The van der Waals surface area contributed by atoms with Crippen LogP contribution in [0.25, 0.3) is 0 Å². The van der Waals surface area contributed by atoms with Crippen LogP contribution in [0, 0.1) is 0 Å². The zero-order chi connectivity index (χ0) is 12.8. The molecule has 0 atom stereocenters. The van der Waals surface area contributed by atoms with Crippen LogP contribution < -0.4 is 4.90 Å². The van der Waals surface area contributed by atoms with Crippen molar-refractivity contribution >= 4 is 23.3 Å². The van der Waals surface area contributed by atoms with E-state index in [2.05, 4.69) is 0 Å². The Hall–Kier alpha value is -1.26. The summed E-state index contributed by atoms with van der Waals surface area (Å²) in [4.78, 5) is 13.0. The molecule has 4 nitrogen and oxygen atoms in total. The third kappa shape index (κ3) is 3.91. The van der Waals surface area contributed by atoms with E-state index in [0.717, 1.165) is 13.0 Å². The minimum Gasteiger partial charge on any atom is -0.478 e. The summed E-state index contributed by atoms with van der Waals surface area (Å²) in [6, 6.07) is 4.88. The third-order valence-electron chi connectivity index (χ3n) is 2.44. The molecule has 17 heavy (non-hydrogen) atoms. The van der Waals surface area contributed by atoms with Crippen molar-refractivity contribution in [3.05, 3.63) is 28.8 Å².